The molecule has 1 aliphatic carbocycles. The van der Waals surface area contributed by atoms with E-state index in [1.54, 1.807) is 6.08 Å². The number of rotatable bonds is 21. The van der Waals surface area contributed by atoms with Crippen LogP contribution in [0, 0.1) is 55.3 Å². The van der Waals surface area contributed by atoms with Crippen LogP contribution in [-0.2, 0) is 23.9 Å². The fourth-order valence-corrected chi connectivity index (χ4v) is 10.3. The molecule has 2 aromatic rings. The molecule has 0 fully saturated rings. The van der Waals surface area contributed by atoms with Crippen LogP contribution in [-0.4, -0.2) is 66.5 Å². The second-order valence-electron chi connectivity index (χ2n) is 19.6. The molecule has 10 nitrogen and oxygen atoms in total. The van der Waals surface area contributed by atoms with Gasteiger partial charge >= 0.3 is 35.0 Å². The van der Waals surface area contributed by atoms with Crippen LogP contribution >= 0.6 is 0 Å². The number of nitrogens with one attached hydrogen (secondary N) is 1. The van der Waals surface area contributed by atoms with Gasteiger partial charge in [-0.15, -0.1) is 27.8 Å². The Bertz CT molecular complexity index is 2460. The van der Waals surface area contributed by atoms with Gasteiger partial charge in [-0.3, -0.25) is 19.2 Å². The van der Waals surface area contributed by atoms with Gasteiger partial charge in [-0.2, -0.15) is 5.70 Å². The number of carbonyl (C=O) groups excluding carboxylic acids is 4. The van der Waals surface area contributed by atoms with Crippen LogP contribution in [0.3, 0.4) is 0 Å². The number of ketones is 1. The minimum absolute atomic E-state index is 0. The quantitative estimate of drug-likeness (QED) is 0.0435. The summed E-state index contributed by atoms with van der Waals surface area (Å²) in [5, 5.41) is 6.31. The maximum absolute atomic E-state index is 14.4. The third-order valence-corrected chi connectivity index (χ3v) is 14.4. The molecular weight excluding hydrogens is 837 g/mol. The molecule has 6 rings (SSSR count). The Kier molecular flexibility index (Phi) is 18.7. The second kappa shape index (κ2) is 23.5. The smallest absolute Gasteiger partial charge is 0.661 e. The summed E-state index contributed by atoms with van der Waals surface area (Å²) in [6, 6.07) is 0. The minimum atomic E-state index is -1.23. The van der Waals surface area contributed by atoms with Crippen molar-refractivity contribution in [3.8, 4) is 0 Å². The molecule has 0 radical (unpaired) electrons. The molecule has 8 bridgehead atoms. The number of nitrogens with zero attached hydrogens (tertiary/aromatic N) is 3. The standard InChI is InChI=1S/C55H73N4O6.Mg/c1-12-38-35(8)42-27-43-36(9)40(23-24-48(61)65-26-25-34(7)22-16-21-33(6)20-15-19-32(5)18-14-17-31(3)4)52(58-43)50-51(55(63)64-11)54(62)49-37(10)44(59-53(49)50)28-46-39(13-2)41(30-60)47(57-46)29-45(38)56-42;/h12,25,27-33,36,39-40,51H,1,13-24,26H2,2-11H3,(H2-,56,57,58,59,60,62);/q-1;+2/p-1/b34-25+;. The zero-order valence-electron chi connectivity index (χ0n) is 41.4. The van der Waals surface area contributed by atoms with Gasteiger partial charge in [-0.05, 0) is 93.4 Å². The third-order valence-electron chi connectivity index (χ3n) is 14.4. The summed E-state index contributed by atoms with van der Waals surface area (Å²) in [5.74, 6) is -1.04. The fraction of sp³-hybridized carbons (Fsp3) is 0.545. The summed E-state index contributed by atoms with van der Waals surface area (Å²) in [4.78, 5) is 67.7. The Morgan fingerprint density at radius 3 is 2.24 bits per heavy atom. The van der Waals surface area contributed by atoms with E-state index in [0.29, 0.717) is 80.2 Å². The number of hydrogen-bond acceptors (Lipinski definition) is 6. The maximum atomic E-state index is 14.4. The van der Waals surface area contributed by atoms with Gasteiger partial charge in [0.15, 0.2) is 17.2 Å². The molecule has 0 amide bonds. The molecular formula is C55H72MgN4O6. The number of allylic oxidation sites excluding steroid dienone is 4. The van der Waals surface area contributed by atoms with Crippen LogP contribution in [0.1, 0.15) is 164 Å². The van der Waals surface area contributed by atoms with E-state index in [1.165, 1.54) is 57.6 Å². The van der Waals surface area contributed by atoms with Crippen molar-refractivity contribution in [3.05, 3.63) is 90.5 Å². The summed E-state index contributed by atoms with van der Waals surface area (Å²) >= 11 is 0. The number of esters is 2. The Hall–Kier alpha value is -4.48. The molecule has 2 aromatic heterocycles. The van der Waals surface area contributed by atoms with E-state index in [9.17, 15) is 19.2 Å². The first-order valence-electron chi connectivity index (χ1n) is 24.2. The Labute approximate surface area is 409 Å². The van der Waals surface area contributed by atoms with Crippen molar-refractivity contribution in [3.63, 3.8) is 0 Å². The number of Topliss-reactive ketones (excluding diaryl/α,β-unsaturated/α-hetero) is 1. The van der Waals surface area contributed by atoms with Gasteiger partial charge in [0.05, 0.1) is 18.9 Å². The normalized spacial score (nSPS) is 23.7. The van der Waals surface area contributed by atoms with E-state index in [4.69, 9.17) is 24.8 Å². The SMILES string of the molecule is C=Cc1c(C)/c2[n-]/c1=C\C1=C(C=O)C(CC)/C(=C/c3[n-]c4c(c3C)C(=O)C(C(=O)OC)/C4=C3[NH+]=C(\C=2)C(C)C/3CCC(=O)OC/C=C(\C)CCCC(C)CCCC(C)CCCC(C)C)[N-]1.[Mg+2]. The van der Waals surface area contributed by atoms with E-state index in [0.717, 1.165) is 47.8 Å². The van der Waals surface area contributed by atoms with Crippen molar-refractivity contribution in [1.82, 2.24) is 9.97 Å². The van der Waals surface area contributed by atoms with Crippen LogP contribution in [0.15, 0.2) is 40.9 Å². The molecule has 3 aliphatic heterocycles. The Balaban J connectivity index is 0.00000817. The van der Waals surface area contributed by atoms with Crippen molar-refractivity contribution in [2.24, 2.45) is 41.4 Å². The molecule has 1 N–H and O–H groups in total. The van der Waals surface area contributed by atoms with Crippen LogP contribution < -0.4 is 25.7 Å². The van der Waals surface area contributed by atoms with Crippen molar-refractivity contribution in [2.75, 3.05) is 13.7 Å². The van der Waals surface area contributed by atoms with Gasteiger partial charge in [-0.25, -0.2) is 4.99 Å². The molecule has 0 saturated carbocycles. The molecule has 4 aliphatic rings. The molecule has 6 atom stereocenters. The topological polar surface area (TPSA) is 143 Å². The molecule has 66 heavy (non-hydrogen) atoms. The summed E-state index contributed by atoms with van der Waals surface area (Å²) in [7, 11) is 1.28. The van der Waals surface area contributed by atoms with Gasteiger partial charge in [0.25, 0.3) is 0 Å². The zero-order valence-corrected chi connectivity index (χ0v) is 42.8. The van der Waals surface area contributed by atoms with E-state index >= 15 is 0 Å². The minimum Gasteiger partial charge on any atom is -0.661 e. The first kappa shape index (κ1) is 52.5. The number of fused-ring (bicyclic) bond motifs is 6. The van der Waals surface area contributed by atoms with Crippen molar-refractivity contribution in [1.29, 1.82) is 0 Å². The van der Waals surface area contributed by atoms with Crippen LogP contribution in [0.2, 0.25) is 0 Å². The van der Waals surface area contributed by atoms with Gasteiger partial charge in [0.1, 0.15) is 18.8 Å². The molecule has 5 heterocycles. The van der Waals surface area contributed by atoms with Crippen molar-refractivity contribution in [2.45, 2.75) is 139 Å². The van der Waals surface area contributed by atoms with Crippen LogP contribution in [0.4, 0.5) is 0 Å². The number of hydrogen-bond donors (Lipinski definition) is 1. The zero-order chi connectivity index (χ0) is 47.1. The molecule has 11 heteroatoms. The largest absolute Gasteiger partial charge is 2.00 e. The molecule has 0 saturated heterocycles. The summed E-state index contributed by atoms with van der Waals surface area (Å²) in [6.07, 6.45) is 22.7. The fourth-order valence-electron chi connectivity index (χ4n) is 10.3. The average molecular weight is 910 g/mol. The maximum Gasteiger partial charge on any atom is 2.00 e. The van der Waals surface area contributed by atoms with E-state index in [2.05, 4.69) is 53.1 Å². The van der Waals surface area contributed by atoms with Gasteiger partial charge < -0.3 is 24.8 Å². The van der Waals surface area contributed by atoms with E-state index in [-0.39, 0.29) is 65.6 Å². The Morgan fingerprint density at radius 1 is 0.924 bits per heavy atom. The predicted molar refractivity (Wildman–Crippen MR) is 265 cm³/mol. The summed E-state index contributed by atoms with van der Waals surface area (Å²) in [6.45, 7) is 23.7. The first-order valence-corrected chi connectivity index (χ1v) is 24.2. The monoisotopic (exact) mass is 909 g/mol. The molecule has 0 aromatic carbocycles. The average Bonchev–Trinajstić information content (AvgIpc) is 4.02. The molecule has 0 spiro atoms. The molecule has 6 unspecified atom stereocenters. The summed E-state index contributed by atoms with van der Waals surface area (Å²) < 4.78 is 11.0. The number of aromatic nitrogens is 2. The number of methoxy groups -OCH3 is 1. The van der Waals surface area contributed by atoms with Gasteiger partial charge in [0.2, 0.25) is 0 Å². The van der Waals surface area contributed by atoms with E-state index in [1.807, 2.05) is 45.1 Å². The summed E-state index contributed by atoms with van der Waals surface area (Å²) in [5.41, 5.74) is 8.60. The Morgan fingerprint density at radius 2 is 1.61 bits per heavy atom. The van der Waals surface area contributed by atoms with Crippen molar-refractivity contribution >= 4 is 82.6 Å². The van der Waals surface area contributed by atoms with Crippen LogP contribution in [0.5, 0.6) is 0 Å². The predicted octanol–water partition coefficient (Wildman–Crippen LogP) is 8.16. The van der Waals surface area contributed by atoms with Crippen molar-refractivity contribution < 1.29 is 33.6 Å². The first-order chi connectivity index (χ1) is 31.1. The van der Waals surface area contributed by atoms with Gasteiger partial charge in [-0.1, -0.05) is 128 Å². The van der Waals surface area contributed by atoms with Gasteiger partial charge in [0, 0.05) is 17.6 Å². The third kappa shape index (κ3) is 11.6. The van der Waals surface area contributed by atoms with E-state index < -0.39 is 11.9 Å². The number of ether oxygens (including phenoxy) is 2. The van der Waals surface area contributed by atoms with Crippen LogP contribution in [0.25, 0.3) is 35.2 Å². The second-order valence-corrected chi connectivity index (χ2v) is 19.6. The number of carbonyl (C=O) groups is 4. The number of aldehydes is 1. The molecule has 350 valence electrons.